The summed E-state index contributed by atoms with van der Waals surface area (Å²) in [5.74, 6) is -2.64. The first kappa shape index (κ1) is 23.5. The van der Waals surface area contributed by atoms with Crippen LogP contribution in [0.3, 0.4) is 0 Å². The molecule has 0 aliphatic carbocycles. The van der Waals surface area contributed by atoms with E-state index in [2.05, 4.69) is 25.6 Å². The molecule has 1 aromatic carbocycles. The lowest BCUT2D eigenvalue weighted by atomic mass is 10.1. The Balaban J connectivity index is 2.08. The lowest BCUT2D eigenvalue weighted by molar-refractivity contribution is -0.189. The number of aliphatic hydroxyl groups excluding tert-OH is 1. The quantitative estimate of drug-likeness (QED) is 0.469. The Kier molecular flexibility index (Phi) is 6.41. The second-order valence-electron chi connectivity index (χ2n) is 6.73. The zero-order valence-electron chi connectivity index (χ0n) is 16.9. The Hall–Kier alpha value is -3.19. The molecule has 2 heterocycles. The van der Waals surface area contributed by atoms with Crippen LogP contribution in [-0.2, 0) is 13.7 Å². The van der Waals surface area contributed by atoms with Gasteiger partial charge in [-0.1, -0.05) is 11.6 Å². The molecule has 3 aromatic rings. The van der Waals surface area contributed by atoms with Crippen molar-refractivity contribution in [1.82, 2.24) is 25.0 Å². The SMILES string of the molecule is Cc1[nH]nc(Cl)c1NC(=O)c1cc(F)c(-c2nc(CO)n(C)n2)cc1O[C@@H](C)C(F)(F)F. The summed E-state index contributed by atoms with van der Waals surface area (Å²) < 4.78 is 60.3. The number of ether oxygens (including phenoxy) is 1. The average Bonchev–Trinajstić information content (AvgIpc) is 3.24. The molecule has 0 fully saturated rings. The van der Waals surface area contributed by atoms with Gasteiger partial charge in [0.25, 0.3) is 5.91 Å². The number of aromatic amines is 1. The maximum absolute atomic E-state index is 14.9. The minimum atomic E-state index is -4.75. The minimum absolute atomic E-state index is 0.0787. The van der Waals surface area contributed by atoms with Crippen LogP contribution in [0.1, 0.15) is 28.8 Å². The number of amides is 1. The smallest absolute Gasteiger partial charge is 0.425 e. The number of anilines is 1. The number of aromatic nitrogens is 5. The number of carbonyl (C=O) groups is 1. The summed E-state index contributed by atoms with van der Waals surface area (Å²) in [7, 11) is 1.45. The zero-order chi connectivity index (χ0) is 23.8. The summed E-state index contributed by atoms with van der Waals surface area (Å²) in [6.45, 7) is 1.79. The number of alkyl halides is 3. The van der Waals surface area contributed by atoms with Gasteiger partial charge in [-0.3, -0.25) is 14.6 Å². The zero-order valence-corrected chi connectivity index (χ0v) is 17.6. The van der Waals surface area contributed by atoms with E-state index in [0.29, 0.717) is 11.8 Å². The molecule has 3 rings (SSSR count). The number of rotatable bonds is 6. The highest BCUT2D eigenvalue weighted by molar-refractivity contribution is 6.33. The number of halogens is 5. The fourth-order valence-corrected chi connectivity index (χ4v) is 2.88. The number of carbonyl (C=O) groups excluding carboxylic acids is 1. The third-order valence-electron chi connectivity index (χ3n) is 4.46. The molecule has 0 saturated heterocycles. The number of H-pyrrole nitrogens is 1. The largest absolute Gasteiger partial charge is 0.480 e. The molecule has 3 N–H and O–H groups in total. The fraction of sp³-hybridized carbons (Fsp3) is 0.333. The van der Waals surface area contributed by atoms with Gasteiger partial charge >= 0.3 is 6.18 Å². The molecular weight excluding hydrogens is 460 g/mol. The average molecular weight is 477 g/mol. The van der Waals surface area contributed by atoms with Crippen molar-refractivity contribution < 1.29 is 32.2 Å². The van der Waals surface area contributed by atoms with Crippen LogP contribution in [0.5, 0.6) is 5.75 Å². The van der Waals surface area contributed by atoms with Crippen LogP contribution >= 0.6 is 11.6 Å². The predicted molar refractivity (Wildman–Crippen MR) is 105 cm³/mol. The third-order valence-corrected chi connectivity index (χ3v) is 4.73. The van der Waals surface area contributed by atoms with E-state index in [1.807, 2.05) is 0 Å². The molecular formula is C18H17ClF4N6O3. The maximum atomic E-state index is 14.9. The van der Waals surface area contributed by atoms with Crippen LogP contribution in [0, 0.1) is 12.7 Å². The summed E-state index contributed by atoms with van der Waals surface area (Å²) >= 11 is 5.88. The molecule has 0 bridgehead atoms. The Labute approximate surface area is 183 Å². The van der Waals surface area contributed by atoms with Crippen LogP contribution < -0.4 is 10.1 Å². The summed E-state index contributed by atoms with van der Waals surface area (Å²) in [5.41, 5.74) is -0.383. The van der Waals surface area contributed by atoms with Crippen LogP contribution in [0.25, 0.3) is 11.4 Å². The van der Waals surface area contributed by atoms with Crippen molar-refractivity contribution in [3.8, 4) is 17.1 Å². The van der Waals surface area contributed by atoms with Crippen molar-refractivity contribution in [2.24, 2.45) is 7.05 Å². The van der Waals surface area contributed by atoms with Gasteiger partial charge in [-0.15, -0.1) is 0 Å². The first-order valence-electron chi connectivity index (χ1n) is 9.02. The highest BCUT2D eigenvalue weighted by atomic mass is 35.5. The van der Waals surface area contributed by atoms with Gasteiger partial charge in [0.2, 0.25) is 0 Å². The lowest BCUT2D eigenvalue weighted by Gasteiger charge is -2.20. The number of aliphatic hydroxyl groups is 1. The van der Waals surface area contributed by atoms with E-state index in [4.69, 9.17) is 16.3 Å². The van der Waals surface area contributed by atoms with Crippen molar-refractivity contribution in [1.29, 1.82) is 0 Å². The Bertz CT molecular complexity index is 1140. The van der Waals surface area contributed by atoms with Crippen molar-refractivity contribution in [2.75, 3.05) is 5.32 Å². The Morgan fingerprint density at radius 1 is 1.41 bits per heavy atom. The first-order chi connectivity index (χ1) is 14.9. The molecule has 0 unspecified atom stereocenters. The minimum Gasteiger partial charge on any atom is -0.480 e. The number of aryl methyl sites for hydroxylation is 2. The number of benzene rings is 1. The fourth-order valence-electron chi connectivity index (χ4n) is 2.65. The predicted octanol–water partition coefficient (Wildman–Crippen LogP) is 3.38. The molecule has 1 atom stereocenters. The van der Waals surface area contributed by atoms with Gasteiger partial charge in [0, 0.05) is 7.05 Å². The lowest BCUT2D eigenvalue weighted by Crippen LogP contribution is -2.32. The molecule has 14 heteroatoms. The number of hydrogen-bond donors (Lipinski definition) is 3. The molecule has 0 saturated carbocycles. The van der Waals surface area contributed by atoms with Gasteiger partial charge < -0.3 is 15.2 Å². The molecule has 0 aliphatic heterocycles. The van der Waals surface area contributed by atoms with E-state index in [1.165, 1.54) is 11.7 Å². The van der Waals surface area contributed by atoms with Gasteiger partial charge in [-0.05, 0) is 26.0 Å². The van der Waals surface area contributed by atoms with Gasteiger partial charge in [-0.2, -0.15) is 23.4 Å². The molecule has 32 heavy (non-hydrogen) atoms. The van der Waals surface area contributed by atoms with Crippen molar-refractivity contribution in [2.45, 2.75) is 32.7 Å². The van der Waals surface area contributed by atoms with Crippen LogP contribution in [0.15, 0.2) is 12.1 Å². The van der Waals surface area contributed by atoms with Crippen molar-refractivity contribution in [3.63, 3.8) is 0 Å². The standard InChI is InChI=1S/C18H17ClF4N6O3/c1-7-14(15(19)27-26-7)25-17(31)10-4-11(20)9(16-24-13(6-30)29(3)28-16)5-12(10)32-8(2)18(21,22)23/h4-5,8,30H,6H2,1-3H3,(H,25,31)(H,26,27)/t8-/m0/s1. The topological polar surface area (TPSA) is 118 Å². The van der Waals surface area contributed by atoms with E-state index in [9.17, 15) is 27.5 Å². The first-order valence-corrected chi connectivity index (χ1v) is 9.40. The summed E-state index contributed by atoms with van der Waals surface area (Å²) in [6, 6.07) is 1.61. The molecule has 0 aliphatic rings. The van der Waals surface area contributed by atoms with E-state index in [1.54, 1.807) is 6.92 Å². The second-order valence-corrected chi connectivity index (χ2v) is 7.09. The molecule has 172 valence electrons. The maximum Gasteiger partial charge on any atom is 0.425 e. The van der Waals surface area contributed by atoms with Crippen molar-refractivity contribution >= 4 is 23.2 Å². The summed E-state index contributed by atoms with van der Waals surface area (Å²) in [6.07, 6.45) is -7.06. The Morgan fingerprint density at radius 2 is 2.09 bits per heavy atom. The summed E-state index contributed by atoms with van der Waals surface area (Å²) in [5, 5.41) is 21.7. The van der Waals surface area contributed by atoms with E-state index < -0.39 is 41.9 Å². The van der Waals surface area contributed by atoms with E-state index in [-0.39, 0.29) is 28.1 Å². The van der Waals surface area contributed by atoms with E-state index in [0.717, 1.165) is 13.0 Å². The third kappa shape index (κ3) is 4.67. The molecule has 1 amide bonds. The van der Waals surface area contributed by atoms with Crippen LogP contribution in [0.2, 0.25) is 5.15 Å². The monoisotopic (exact) mass is 476 g/mol. The summed E-state index contributed by atoms with van der Waals surface area (Å²) in [4.78, 5) is 16.7. The van der Waals surface area contributed by atoms with Crippen LogP contribution in [0.4, 0.5) is 23.2 Å². The van der Waals surface area contributed by atoms with Gasteiger partial charge in [0.05, 0.1) is 16.8 Å². The Morgan fingerprint density at radius 3 is 2.62 bits per heavy atom. The highest BCUT2D eigenvalue weighted by Gasteiger charge is 2.39. The van der Waals surface area contributed by atoms with Gasteiger partial charge in [0.15, 0.2) is 22.9 Å². The van der Waals surface area contributed by atoms with Gasteiger partial charge in [-0.25, -0.2) is 9.37 Å². The molecule has 9 nitrogen and oxygen atoms in total. The number of hydrogen-bond acceptors (Lipinski definition) is 6. The molecule has 2 aromatic heterocycles. The van der Waals surface area contributed by atoms with Crippen molar-refractivity contribution in [3.05, 3.63) is 40.2 Å². The number of nitrogens with one attached hydrogen (secondary N) is 2. The van der Waals surface area contributed by atoms with Gasteiger partial charge in [0.1, 0.15) is 23.9 Å². The number of nitrogens with zero attached hydrogens (tertiary/aromatic N) is 4. The molecule has 0 spiro atoms. The van der Waals surface area contributed by atoms with E-state index >= 15 is 0 Å². The normalized spacial score (nSPS) is 12.7. The highest BCUT2D eigenvalue weighted by Crippen LogP contribution is 2.33. The molecule has 0 radical (unpaired) electrons. The van der Waals surface area contributed by atoms with Crippen LogP contribution in [-0.4, -0.2) is 48.3 Å². The second kappa shape index (κ2) is 8.74.